The van der Waals surface area contributed by atoms with Gasteiger partial charge in [0, 0.05) is 18.4 Å². The molecule has 82 valence electrons. The monoisotopic (exact) mass is 204 g/mol. The van der Waals surface area contributed by atoms with E-state index in [0.717, 1.165) is 12.8 Å². The van der Waals surface area contributed by atoms with Gasteiger partial charge in [0.05, 0.1) is 0 Å². The molecule has 0 saturated carbocycles. The highest BCUT2D eigenvalue weighted by molar-refractivity contribution is 5.50. The highest BCUT2D eigenvalue weighted by atomic mass is 14.9. The van der Waals surface area contributed by atoms with Gasteiger partial charge in [0.2, 0.25) is 0 Å². The Morgan fingerprint density at radius 3 is 2.93 bits per heavy atom. The Labute approximate surface area is 92.4 Å². The zero-order valence-electron chi connectivity index (χ0n) is 9.83. The minimum atomic E-state index is 0.581. The molecule has 2 heteroatoms. The summed E-state index contributed by atoms with van der Waals surface area (Å²) in [5, 5.41) is 3.31. The number of rotatable bonds is 5. The molecule has 0 aliphatic heterocycles. The molecule has 1 aromatic rings. The van der Waals surface area contributed by atoms with E-state index in [1.54, 1.807) is 6.20 Å². The summed E-state index contributed by atoms with van der Waals surface area (Å²) in [6.45, 7) is 4.38. The van der Waals surface area contributed by atoms with Gasteiger partial charge in [-0.25, -0.2) is 0 Å². The van der Waals surface area contributed by atoms with Crippen molar-refractivity contribution < 1.29 is 0 Å². The number of nitrogens with zero attached hydrogens (tertiary/aromatic N) is 1. The first-order chi connectivity index (χ1) is 7.26. The molecule has 0 aliphatic carbocycles. The van der Waals surface area contributed by atoms with Gasteiger partial charge in [-0.05, 0) is 38.4 Å². The second kappa shape index (κ2) is 6.36. The lowest BCUT2D eigenvalue weighted by Gasteiger charge is -2.13. The zero-order chi connectivity index (χ0) is 11.1. The minimum Gasteiger partial charge on any atom is -0.317 e. The van der Waals surface area contributed by atoms with Crippen LogP contribution in [0.15, 0.2) is 30.1 Å². The third kappa shape index (κ3) is 4.26. The Hall–Kier alpha value is -1.15. The van der Waals surface area contributed by atoms with Gasteiger partial charge in [-0.15, -0.1) is 0 Å². The molecule has 1 rings (SSSR count). The van der Waals surface area contributed by atoms with Gasteiger partial charge in [-0.1, -0.05) is 24.6 Å². The van der Waals surface area contributed by atoms with Gasteiger partial charge < -0.3 is 5.32 Å². The molecule has 0 aromatic carbocycles. The largest absolute Gasteiger partial charge is 0.317 e. The Bertz CT molecular complexity index is 300. The van der Waals surface area contributed by atoms with Crippen LogP contribution in [-0.4, -0.2) is 18.1 Å². The van der Waals surface area contributed by atoms with E-state index in [9.17, 15) is 0 Å². The van der Waals surface area contributed by atoms with Crippen molar-refractivity contribution in [1.82, 2.24) is 10.3 Å². The van der Waals surface area contributed by atoms with Crippen LogP contribution in [0.5, 0.6) is 0 Å². The van der Waals surface area contributed by atoms with Crippen molar-refractivity contribution in [3.05, 3.63) is 35.7 Å². The van der Waals surface area contributed by atoms with Crippen LogP contribution in [0.2, 0.25) is 0 Å². The molecule has 1 N–H and O–H groups in total. The Morgan fingerprint density at radius 2 is 2.40 bits per heavy atom. The molecule has 1 unspecified atom stereocenters. The van der Waals surface area contributed by atoms with Gasteiger partial charge in [-0.2, -0.15) is 0 Å². The summed E-state index contributed by atoms with van der Waals surface area (Å²) in [7, 11) is 2.02. The van der Waals surface area contributed by atoms with Crippen molar-refractivity contribution in [3.63, 3.8) is 0 Å². The molecule has 2 nitrogen and oxygen atoms in total. The maximum Gasteiger partial charge on any atom is 0.0340 e. The summed E-state index contributed by atoms with van der Waals surface area (Å²) in [5.74, 6) is 0. The van der Waals surface area contributed by atoms with Crippen LogP contribution in [0.1, 0.15) is 32.3 Å². The van der Waals surface area contributed by atoms with Crippen LogP contribution in [0.4, 0.5) is 0 Å². The maximum atomic E-state index is 4.10. The first kappa shape index (κ1) is 11.9. The van der Waals surface area contributed by atoms with Gasteiger partial charge in [0.1, 0.15) is 0 Å². The zero-order valence-corrected chi connectivity index (χ0v) is 9.83. The summed E-state index contributed by atoms with van der Waals surface area (Å²) < 4.78 is 0. The SMILES string of the molecule is CCC(CC(C)=Cc1cccnc1)NC. The lowest BCUT2D eigenvalue weighted by molar-refractivity contribution is 0.542. The van der Waals surface area contributed by atoms with E-state index < -0.39 is 0 Å². The summed E-state index contributed by atoms with van der Waals surface area (Å²) in [6, 6.07) is 4.63. The predicted molar refractivity (Wildman–Crippen MR) is 65.6 cm³/mol. The molecular formula is C13H20N2. The number of nitrogens with one attached hydrogen (secondary N) is 1. The molecular weight excluding hydrogens is 184 g/mol. The van der Waals surface area contributed by atoms with E-state index in [1.807, 2.05) is 19.3 Å². The molecule has 0 bridgehead atoms. The molecule has 0 fully saturated rings. The summed E-state index contributed by atoms with van der Waals surface area (Å²) in [6.07, 6.45) is 8.16. The van der Waals surface area contributed by atoms with E-state index in [2.05, 4.69) is 36.3 Å². The van der Waals surface area contributed by atoms with Crippen LogP contribution < -0.4 is 5.32 Å². The van der Waals surface area contributed by atoms with Crippen molar-refractivity contribution in [1.29, 1.82) is 0 Å². The molecule has 1 aromatic heterocycles. The van der Waals surface area contributed by atoms with Gasteiger partial charge in [0.25, 0.3) is 0 Å². The van der Waals surface area contributed by atoms with Crippen molar-refractivity contribution in [3.8, 4) is 0 Å². The second-order valence-electron chi connectivity index (χ2n) is 3.88. The number of hydrogen-bond donors (Lipinski definition) is 1. The lowest BCUT2D eigenvalue weighted by Crippen LogP contribution is -2.24. The fourth-order valence-electron chi connectivity index (χ4n) is 1.64. The van der Waals surface area contributed by atoms with Gasteiger partial charge >= 0.3 is 0 Å². The third-order valence-corrected chi connectivity index (χ3v) is 2.57. The van der Waals surface area contributed by atoms with E-state index in [4.69, 9.17) is 0 Å². The van der Waals surface area contributed by atoms with Crippen LogP contribution in [0.25, 0.3) is 6.08 Å². The smallest absolute Gasteiger partial charge is 0.0340 e. The highest BCUT2D eigenvalue weighted by Crippen LogP contribution is 2.11. The number of hydrogen-bond acceptors (Lipinski definition) is 2. The van der Waals surface area contributed by atoms with Gasteiger partial charge in [-0.3, -0.25) is 4.98 Å². The van der Waals surface area contributed by atoms with Crippen LogP contribution in [0, 0.1) is 0 Å². The van der Waals surface area contributed by atoms with E-state index in [1.165, 1.54) is 11.1 Å². The van der Waals surface area contributed by atoms with Crippen LogP contribution >= 0.6 is 0 Å². The maximum absolute atomic E-state index is 4.10. The molecule has 0 spiro atoms. The van der Waals surface area contributed by atoms with E-state index in [-0.39, 0.29) is 0 Å². The Balaban J connectivity index is 2.60. The molecule has 0 amide bonds. The standard InChI is InChI=1S/C13H20N2/c1-4-13(14-3)9-11(2)8-12-6-5-7-15-10-12/h5-8,10,13-14H,4,9H2,1-3H3. The van der Waals surface area contributed by atoms with Crippen LogP contribution in [0.3, 0.4) is 0 Å². The van der Waals surface area contributed by atoms with Gasteiger partial charge in [0.15, 0.2) is 0 Å². The minimum absolute atomic E-state index is 0.581. The summed E-state index contributed by atoms with van der Waals surface area (Å²) in [4.78, 5) is 4.10. The predicted octanol–water partition coefficient (Wildman–Crippen LogP) is 2.87. The molecule has 1 heterocycles. The van der Waals surface area contributed by atoms with Crippen molar-refractivity contribution in [2.75, 3.05) is 7.05 Å². The molecule has 0 radical (unpaired) electrons. The van der Waals surface area contributed by atoms with Crippen LogP contribution in [-0.2, 0) is 0 Å². The van der Waals surface area contributed by atoms with Crippen molar-refractivity contribution >= 4 is 6.08 Å². The Morgan fingerprint density at radius 1 is 1.60 bits per heavy atom. The lowest BCUT2D eigenvalue weighted by atomic mass is 10.0. The fourth-order valence-corrected chi connectivity index (χ4v) is 1.64. The van der Waals surface area contributed by atoms with Crippen molar-refractivity contribution in [2.24, 2.45) is 0 Å². The summed E-state index contributed by atoms with van der Waals surface area (Å²) in [5.41, 5.74) is 2.57. The quantitative estimate of drug-likeness (QED) is 0.797. The Kier molecular flexibility index (Phi) is 5.05. The first-order valence-corrected chi connectivity index (χ1v) is 5.50. The van der Waals surface area contributed by atoms with E-state index >= 15 is 0 Å². The topological polar surface area (TPSA) is 24.9 Å². The third-order valence-electron chi connectivity index (χ3n) is 2.57. The molecule has 0 aliphatic rings. The molecule has 1 atom stereocenters. The van der Waals surface area contributed by atoms with Crippen molar-refractivity contribution in [2.45, 2.75) is 32.7 Å². The molecule has 15 heavy (non-hydrogen) atoms. The van der Waals surface area contributed by atoms with E-state index in [0.29, 0.717) is 6.04 Å². The fraction of sp³-hybridized carbons (Fsp3) is 0.462. The number of pyridine rings is 1. The summed E-state index contributed by atoms with van der Waals surface area (Å²) >= 11 is 0. The number of aromatic nitrogens is 1. The second-order valence-corrected chi connectivity index (χ2v) is 3.88. The molecule has 0 saturated heterocycles. The average molecular weight is 204 g/mol. The first-order valence-electron chi connectivity index (χ1n) is 5.50. The normalized spacial score (nSPS) is 13.9. The highest BCUT2D eigenvalue weighted by Gasteiger charge is 2.03. The average Bonchev–Trinajstić information content (AvgIpc) is 2.27.